The van der Waals surface area contributed by atoms with E-state index in [4.69, 9.17) is 41.3 Å². The summed E-state index contributed by atoms with van der Waals surface area (Å²) in [5, 5.41) is 44.3. The lowest BCUT2D eigenvalue weighted by molar-refractivity contribution is -0.139. The number of aliphatic carboxylic acids is 1. The average Bonchev–Trinajstić information content (AvgIpc) is 3.53. The summed E-state index contributed by atoms with van der Waals surface area (Å²) in [5.74, 6) is -1.07. The minimum Gasteiger partial charge on any atom is -0.481 e. The van der Waals surface area contributed by atoms with Crippen LogP contribution in [0.5, 0.6) is 5.95 Å². The standard InChI is InChI=1S/C10H14N5O7P.C4H4O2.C3H7NO3/c11-8-5-9(13-2-12-8)15(3-14-5)10-7(17)6(16)4(22-10)1-21-23(18,19)20;5-4-2-1-3-6-4;4-2(1-5)3(6)7/h2-4,6-7,10,16-17H,1H2,(H2,11,12,13)(H2,18,19,20);1-3,5H;2,5H,1,4H2,(H,6,7)/t4-,6-,7-,10-;;2-/m1.0/s1. The van der Waals surface area contributed by atoms with Crippen molar-refractivity contribution in [2.45, 2.75) is 30.6 Å². The van der Waals surface area contributed by atoms with Crippen LogP contribution in [0.3, 0.4) is 0 Å². The molecule has 36 heavy (non-hydrogen) atoms. The van der Waals surface area contributed by atoms with Crippen molar-refractivity contribution < 1.29 is 58.4 Å². The Morgan fingerprint density at radius 1 is 1.25 bits per heavy atom. The number of fused-ring (bicyclic) bond motifs is 1. The Labute approximate surface area is 201 Å². The van der Waals surface area contributed by atoms with Gasteiger partial charge in [-0.2, -0.15) is 0 Å². The highest BCUT2D eigenvalue weighted by Crippen LogP contribution is 2.38. The lowest BCUT2D eigenvalue weighted by Crippen LogP contribution is -2.33. The van der Waals surface area contributed by atoms with Gasteiger partial charge in [-0.25, -0.2) is 19.5 Å². The molecule has 5 atom stereocenters. The quantitative estimate of drug-likeness (QED) is 0.147. The number of nitrogens with two attached hydrogens (primary N) is 2. The van der Waals surface area contributed by atoms with Crippen molar-refractivity contribution in [2.75, 3.05) is 18.9 Å². The molecule has 19 heteroatoms. The van der Waals surface area contributed by atoms with Crippen molar-refractivity contribution in [1.29, 1.82) is 0 Å². The van der Waals surface area contributed by atoms with E-state index < -0.39 is 57.6 Å². The number of aromatic hydroxyl groups is 1. The van der Waals surface area contributed by atoms with E-state index in [1.165, 1.54) is 29.6 Å². The highest BCUT2D eigenvalue weighted by atomic mass is 31.2. The third-order valence-electron chi connectivity index (χ3n) is 4.43. The number of anilines is 1. The highest BCUT2D eigenvalue weighted by molar-refractivity contribution is 7.46. The summed E-state index contributed by atoms with van der Waals surface area (Å²) in [7, 11) is -4.72. The Morgan fingerprint density at radius 3 is 2.42 bits per heavy atom. The van der Waals surface area contributed by atoms with Crippen molar-refractivity contribution in [3.05, 3.63) is 31.1 Å². The van der Waals surface area contributed by atoms with Crippen LogP contribution >= 0.6 is 7.82 Å². The number of ether oxygens (including phenoxy) is 1. The molecule has 4 heterocycles. The number of aliphatic hydroxyl groups excluding tert-OH is 3. The fourth-order valence-corrected chi connectivity index (χ4v) is 3.01. The number of carbonyl (C=O) groups is 1. The first-order chi connectivity index (χ1) is 16.9. The van der Waals surface area contributed by atoms with Crippen molar-refractivity contribution >= 4 is 30.8 Å². The van der Waals surface area contributed by atoms with Crippen LogP contribution in [0.1, 0.15) is 6.23 Å². The number of nitrogens with zero attached hydrogens (tertiary/aromatic N) is 4. The van der Waals surface area contributed by atoms with Crippen LogP contribution in [0.4, 0.5) is 5.82 Å². The first-order valence-corrected chi connectivity index (χ1v) is 11.3. The van der Waals surface area contributed by atoms with E-state index in [9.17, 15) is 19.6 Å². The number of carboxylic acids is 1. The predicted molar refractivity (Wildman–Crippen MR) is 117 cm³/mol. The zero-order valence-electron chi connectivity index (χ0n) is 18.3. The Kier molecular flexibility index (Phi) is 10.2. The molecule has 1 aliphatic rings. The van der Waals surface area contributed by atoms with Gasteiger partial charge in [-0.15, -0.1) is 0 Å². The zero-order chi connectivity index (χ0) is 27.0. The molecule has 4 rings (SSSR count). The topological polar surface area (TPSA) is 303 Å². The number of phosphoric ester groups is 1. The average molecular weight is 536 g/mol. The second-order valence-electron chi connectivity index (χ2n) is 6.99. The third-order valence-corrected chi connectivity index (χ3v) is 4.91. The normalized spacial score (nSPS) is 22.3. The summed E-state index contributed by atoms with van der Waals surface area (Å²) < 4.78 is 26.2. The van der Waals surface area contributed by atoms with Crippen molar-refractivity contribution in [2.24, 2.45) is 5.73 Å². The summed E-state index contributed by atoms with van der Waals surface area (Å²) >= 11 is 0. The van der Waals surface area contributed by atoms with Gasteiger partial charge in [0.1, 0.15) is 36.2 Å². The maximum Gasteiger partial charge on any atom is 0.469 e. The largest absolute Gasteiger partial charge is 0.481 e. The summed E-state index contributed by atoms with van der Waals surface area (Å²) in [6, 6.07) is 1.97. The van der Waals surface area contributed by atoms with Crippen LogP contribution in [0.15, 0.2) is 35.5 Å². The van der Waals surface area contributed by atoms with Gasteiger partial charge < -0.3 is 55.9 Å². The molecule has 18 nitrogen and oxygen atoms in total. The molecule has 0 saturated carbocycles. The van der Waals surface area contributed by atoms with Gasteiger partial charge in [0, 0.05) is 6.07 Å². The monoisotopic (exact) mass is 536 g/mol. The number of imidazole rings is 1. The van der Waals surface area contributed by atoms with E-state index in [0.717, 1.165) is 0 Å². The Hall–Kier alpha value is -3.19. The minimum atomic E-state index is -4.72. The molecule has 1 saturated heterocycles. The van der Waals surface area contributed by atoms with Crippen LogP contribution in [-0.2, 0) is 18.6 Å². The maximum atomic E-state index is 10.7. The summed E-state index contributed by atoms with van der Waals surface area (Å²) in [6.07, 6.45) is -1.08. The Balaban J connectivity index is 0.000000287. The molecule has 3 aromatic rings. The molecular formula is C17H25N6O12P. The molecule has 0 aromatic carbocycles. The van der Waals surface area contributed by atoms with E-state index in [2.05, 4.69) is 23.9 Å². The molecule has 1 fully saturated rings. The number of hydrogen-bond acceptors (Lipinski definition) is 14. The molecule has 0 bridgehead atoms. The lowest BCUT2D eigenvalue weighted by atomic mass is 10.1. The number of nitrogen functional groups attached to an aromatic ring is 1. The first kappa shape index (κ1) is 29.0. The smallest absolute Gasteiger partial charge is 0.469 e. The van der Waals surface area contributed by atoms with Crippen LogP contribution in [0.2, 0.25) is 0 Å². The van der Waals surface area contributed by atoms with E-state index in [-0.39, 0.29) is 17.4 Å². The van der Waals surface area contributed by atoms with Gasteiger partial charge in [0.25, 0.3) is 5.95 Å². The van der Waals surface area contributed by atoms with Crippen LogP contribution < -0.4 is 11.5 Å². The molecule has 1 aliphatic heterocycles. The molecule has 0 aliphatic carbocycles. The summed E-state index contributed by atoms with van der Waals surface area (Å²) in [6.45, 7) is -1.10. The third kappa shape index (κ3) is 7.92. The number of hydrogen-bond donors (Lipinski definition) is 9. The van der Waals surface area contributed by atoms with Crippen molar-refractivity contribution in [3.8, 4) is 5.95 Å². The fraction of sp³-hybridized carbons (Fsp3) is 0.412. The van der Waals surface area contributed by atoms with Gasteiger partial charge >= 0.3 is 13.8 Å². The molecule has 11 N–H and O–H groups in total. The van der Waals surface area contributed by atoms with Gasteiger partial charge in [0.05, 0.1) is 25.8 Å². The second-order valence-corrected chi connectivity index (χ2v) is 8.23. The first-order valence-electron chi connectivity index (χ1n) is 9.82. The van der Waals surface area contributed by atoms with Crippen molar-refractivity contribution in [1.82, 2.24) is 19.5 Å². The van der Waals surface area contributed by atoms with Gasteiger partial charge in [0.15, 0.2) is 17.7 Å². The van der Waals surface area contributed by atoms with E-state index >= 15 is 0 Å². The number of furan rings is 1. The second kappa shape index (κ2) is 12.7. The number of aliphatic hydroxyl groups is 3. The van der Waals surface area contributed by atoms with Crippen molar-refractivity contribution in [3.63, 3.8) is 0 Å². The van der Waals surface area contributed by atoms with Gasteiger partial charge in [-0.05, 0) is 6.07 Å². The summed E-state index contributed by atoms with van der Waals surface area (Å²) in [5.41, 5.74) is 11.0. The molecule has 200 valence electrons. The number of carboxylic acid groups (broad SMARTS) is 1. The van der Waals surface area contributed by atoms with E-state index in [0.29, 0.717) is 5.52 Å². The molecule has 0 amide bonds. The van der Waals surface area contributed by atoms with Gasteiger partial charge in [-0.1, -0.05) is 0 Å². The molecule has 0 radical (unpaired) electrons. The molecule has 0 unspecified atom stereocenters. The van der Waals surface area contributed by atoms with Crippen LogP contribution in [0, 0.1) is 0 Å². The SMILES string of the molecule is N[C@@H](CO)C(=O)O.Nc1ncnc2c1ncn2[C@@H]1O[C@H](COP(=O)(O)O)[C@@H](O)[C@H]1O.Oc1ccco1. The predicted octanol–water partition coefficient (Wildman–Crippen LogP) is -2.49. The highest BCUT2D eigenvalue weighted by Gasteiger charge is 2.45. The Morgan fingerprint density at radius 2 is 1.94 bits per heavy atom. The van der Waals surface area contributed by atoms with E-state index in [1.54, 1.807) is 6.07 Å². The van der Waals surface area contributed by atoms with Crippen LogP contribution in [0.25, 0.3) is 11.2 Å². The van der Waals surface area contributed by atoms with Crippen LogP contribution in [-0.4, -0.2) is 98.4 Å². The number of rotatable bonds is 6. The minimum absolute atomic E-state index is 0.0324. The van der Waals surface area contributed by atoms with E-state index in [1.807, 2.05) is 0 Å². The molecule has 3 aromatic heterocycles. The molecule has 0 spiro atoms. The summed E-state index contributed by atoms with van der Waals surface area (Å²) in [4.78, 5) is 38.8. The maximum absolute atomic E-state index is 10.7. The fourth-order valence-electron chi connectivity index (χ4n) is 2.67. The number of phosphoric acid groups is 1. The number of aromatic nitrogens is 4. The van der Waals surface area contributed by atoms with Gasteiger partial charge in [-0.3, -0.25) is 13.9 Å². The zero-order valence-corrected chi connectivity index (χ0v) is 19.1. The molecular weight excluding hydrogens is 511 g/mol. The Bertz CT molecular complexity index is 1150. The lowest BCUT2D eigenvalue weighted by Gasteiger charge is -2.16. The van der Waals surface area contributed by atoms with Gasteiger partial charge in [0.2, 0.25) is 0 Å².